The molecule has 0 aliphatic rings. The summed E-state index contributed by atoms with van der Waals surface area (Å²) in [6.07, 6.45) is 1.35. The molecule has 0 fully saturated rings. The van der Waals surface area contributed by atoms with Crippen molar-refractivity contribution in [1.82, 2.24) is 15.0 Å². The van der Waals surface area contributed by atoms with E-state index in [1.165, 1.54) is 6.20 Å². The van der Waals surface area contributed by atoms with Crippen molar-refractivity contribution in [2.75, 3.05) is 11.1 Å². The second-order valence-corrected chi connectivity index (χ2v) is 5.63. The number of nitriles is 1. The van der Waals surface area contributed by atoms with Gasteiger partial charge in [-0.05, 0) is 24.4 Å². The third kappa shape index (κ3) is 2.87. The van der Waals surface area contributed by atoms with E-state index in [0.29, 0.717) is 21.9 Å². The second kappa shape index (κ2) is 6.18. The number of fused-ring (bicyclic) bond motifs is 1. The van der Waals surface area contributed by atoms with Gasteiger partial charge in [-0.1, -0.05) is 23.7 Å². The van der Waals surface area contributed by atoms with E-state index in [-0.39, 0.29) is 23.1 Å². The van der Waals surface area contributed by atoms with Gasteiger partial charge < -0.3 is 16.0 Å². The SMILES string of the molecule is CC(Nc1nc(N)ncc1C#N)c1cc2cccc(Cl)c2c(=O)[nH]1. The minimum atomic E-state index is -0.317. The molecule has 7 nitrogen and oxygen atoms in total. The first kappa shape index (κ1) is 15.8. The molecule has 4 N–H and O–H groups in total. The number of anilines is 2. The van der Waals surface area contributed by atoms with Crippen molar-refractivity contribution in [2.24, 2.45) is 0 Å². The number of rotatable bonds is 3. The molecule has 0 radical (unpaired) electrons. The molecular formula is C16H13ClN6O. The number of nitrogens with two attached hydrogens (primary N) is 1. The zero-order chi connectivity index (χ0) is 17.3. The maximum atomic E-state index is 12.3. The molecule has 1 unspecified atom stereocenters. The summed E-state index contributed by atoms with van der Waals surface area (Å²) >= 11 is 6.08. The summed E-state index contributed by atoms with van der Waals surface area (Å²) in [4.78, 5) is 22.9. The summed E-state index contributed by atoms with van der Waals surface area (Å²) < 4.78 is 0. The first-order valence-electron chi connectivity index (χ1n) is 7.10. The Morgan fingerprint density at radius 1 is 1.46 bits per heavy atom. The van der Waals surface area contributed by atoms with Crippen LogP contribution in [0.25, 0.3) is 10.8 Å². The van der Waals surface area contributed by atoms with Crippen molar-refractivity contribution >= 4 is 34.1 Å². The number of nitrogen functional groups attached to an aromatic ring is 1. The summed E-state index contributed by atoms with van der Waals surface area (Å²) in [6.45, 7) is 1.83. The van der Waals surface area contributed by atoms with Gasteiger partial charge in [0.2, 0.25) is 5.95 Å². The average molecular weight is 341 g/mol. The highest BCUT2D eigenvalue weighted by Gasteiger charge is 2.14. The zero-order valence-electron chi connectivity index (χ0n) is 12.7. The quantitative estimate of drug-likeness (QED) is 0.674. The number of hydrogen-bond acceptors (Lipinski definition) is 6. The lowest BCUT2D eigenvalue weighted by molar-refractivity contribution is 0.827. The lowest BCUT2D eigenvalue weighted by Crippen LogP contribution is -2.17. The highest BCUT2D eigenvalue weighted by atomic mass is 35.5. The van der Waals surface area contributed by atoms with Crippen LogP contribution >= 0.6 is 11.6 Å². The number of halogens is 1. The van der Waals surface area contributed by atoms with E-state index >= 15 is 0 Å². The van der Waals surface area contributed by atoms with Crippen molar-refractivity contribution in [2.45, 2.75) is 13.0 Å². The summed E-state index contributed by atoms with van der Waals surface area (Å²) in [7, 11) is 0. The number of H-pyrrole nitrogens is 1. The molecule has 0 aliphatic carbocycles. The van der Waals surface area contributed by atoms with Crippen LogP contribution in [0.15, 0.2) is 35.3 Å². The van der Waals surface area contributed by atoms with E-state index in [2.05, 4.69) is 20.3 Å². The Hall–Kier alpha value is -3.11. The molecule has 2 heterocycles. The van der Waals surface area contributed by atoms with Crippen molar-refractivity contribution in [3.05, 3.63) is 57.1 Å². The third-order valence-electron chi connectivity index (χ3n) is 3.59. The molecule has 0 aliphatic heterocycles. The predicted octanol–water partition coefficient (Wildman–Crippen LogP) is 2.60. The molecule has 0 spiro atoms. The zero-order valence-corrected chi connectivity index (χ0v) is 13.4. The van der Waals surface area contributed by atoms with Crippen molar-refractivity contribution < 1.29 is 0 Å². The molecule has 1 atom stereocenters. The van der Waals surface area contributed by atoms with E-state index in [4.69, 9.17) is 22.6 Å². The van der Waals surface area contributed by atoms with Crippen LogP contribution in [0.1, 0.15) is 24.2 Å². The van der Waals surface area contributed by atoms with Gasteiger partial charge in [0, 0.05) is 5.69 Å². The molecular weight excluding hydrogens is 328 g/mol. The standard InChI is InChI=1S/C16H13ClN6O/c1-8(21-14-10(6-18)7-20-16(19)23-14)12-5-9-3-2-4-11(17)13(9)15(24)22-12/h2-5,7-8H,1H3,(H,22,24)(H3,19,20,21,23). The Labute approximate surface area is 142 Å². The predicted molar refractivity (Wildman–Crippen MR) is 92.8 cm³/mol. The summed E-state index contributed by atoms with van der Waals surface area (Å²) in [6, 6.07) is 8.78. The molecule has 24 heavy (non-hydrogen) atoms. The van der Waals surface area contributed by atoms with E-state index < -0.39 is 0 Å². The summed E-state index contributed by atoms with van der Waals surface area (Å²) in [5.41, 5.74) is 6.19. The van der Waals surface area contributed by atoms with Crippen LogP contribution in [0.3, 0.4) is 0 Å². The third-order valence-corrected chi connectivity index (χ3v) is 3.90. The molecule has 8 heteroatoms. The maximum Gasteiger partial charge on any atom is 0.257 e. The maximum absolute atomic E-state index is 12.3. The van der Waals surface area contributed by atoms with Gasteiger partial charge in [-0.2, -0.15) is 10.2 Å². The Bertz CT molecular complexity index is 1020. The molecule has 3 aromatic rings. The molecule has 1 aromatic carbocycles. The van der Waals surface area contributed by atoms with Crippen LogP contribution in [0, 0.1) is 11.3 Å². The monoisotopic (exact) mass is 340 g/mol. The van der Waals surface area contributed by atoms with Crippen LogP contribution in [0.5, 0.6) is 0 Å². The van der Waals surface area contributed by atoms with Gasteiger partial charge in [0.15, 0.2) is 0 Å². The number of hydrogen-bond donors (Lipinski definition) is 3. The van der Waals surface area contributed by atoms with Crippen LogP contribution < -0.4 is 16.6 Å². The number of aromatic amines is 1. The van der Waals surface area contributed by atoms with Crippen LogP contribution in [-0.2, 0) is 0 Å². The molecule has 0 bridgehead atoms. The minimum Gasteiger partial charge on any atom is -0.368 e. The van der Waals surface area contributed by atoms with Crippen LogP contribution in [0.2, 0.25) is 5.02 Å². The summed E-state index contributed by atoms with van der Waals surface area (Å²) in [5, 5.41) is 13.8. The van der Waals surface area contributed by atoms with Gasteiger partial charge in [0.25, 0.3) is 5.56 Å². The molecule has 0 saturated carbocycles. The van der Waals surface area contributed by atoms with Gasteiger partial charge in [-0.15, -0.1) is 0 Å². The van der Waals surface area contributed by atoms with Crippen LogP contribution in [0.4, 0.5) is 11.8 Å². The fourth-order valence-electron chi connectivity index (χ4n) is 2.40. The highest BCUT2D eigenvalue weighted by molar-refractivity contribution is 6.35. The number of nitrogens with zero attached hydrogens (tertiary/aromatic N) is 3. The first-order valence-corrected chi connectivity index (χ1v) is 7.48. The Morgan fingerprint density at radius 2 is 2.25 bits per heavy atom. The Kier molecular flexibility index (Phi) is 4.06. The van der Waals surface area contributed by atoms with Crippen molar-refractivity contribution in [3.8, 4) is 6.07 Å². The fraction of sp³-hybridized carbons (Fsp3) is 0.125. The number of pyridine rings is 1. The molecule has 120 valence electrons. The van der Waals surface area contributed by atoms with Gasteiger partial charge in [0.05, 0.1) is 22.6 Å². The van der Waals surface area contributed by atoms with Gasteiger partial charge >= 0.3 is 0 Å². The van der Waals surface area contributed by atoms with Crippen molar-refractivity contribution in [1.29, 1.82) is 5.26 Å². The molecule has 3 rings (SSSR count). The Balaban J connectivity index is 2.01. The smallest absolute Gasteiger partial charge is 0.257 e. The molecule has 0 amide bonds. The first-order chi connectivity index (χ1) is 11.5. The lowest BCUT2D eigenvalue weighted by Gasteiger charge is -2.16. The highest BCUT2D eigenvalue weighted by Crippen LogP contribution is 2.24. The molecule has 2 aromatic heterocycles. The fourth-order valence-corrected chi connectivity index (χ4v) is 2.67. The van der Waals surface area contributed by atoms with Gasteiger partial charge in [-0.25, -0.2) is 4.98 Å². The average Bonchev–Trinajstić information content (AvgIpc) is 2.54. The molecule has 0 saturated heterocycles. The van der Waals surface area contributed by atoms with Gasteiger partial charge in [-0.3, -0.25) is 4.79 Å². The lowest BCUT2D eigenvalue weighted by atomic mass is 10.1. The van der Waals surface area contributed by atoms with Crippen LogP contribution in [-0.4, -0.2) is 15.0 Å². The largest absolute Gasteiger partial charge is 0.368 e. The van der Waals surface area contributed by atoms with Gasteiger partial charge in [0.1, 0.15) is 17.5 Å². The topological polar surface area (TPSA) is 120 Å². The minimum absolute atomic E-state index is 0.0579. The number of benzene rings is 1. The normalized spacial score (nSPS) is 11.9. The second-order valence-electron chi connectivity index (χ2n) is 5.23. The summed E-state index contributed by atoms with van der Waals surface area (Å²) in [5.74, 6) is 0.368. The number of aromatic nitrogens is 3. The van der Waals surface area contributed by atoms with E-state index in [1.807, 2.05) is 25.1 Å². The Morgan fingerprint density at radius 3 is 3.00 bits per heavy atom. The van der Waals surface area contributed by atoms with E-state index in [0.717, 1.165) is 5.39 Å². The van der Waals surface area contributed by atoms with E-state index in [1.54, 1.807) is 12.1 Å². The van der Waals surface area contributed by atoms with Crippen molar-refractivity contribution in [3.63, 3.8) is 0 Å². The number of nitrogens with one attached hydrogen (secondary N) is 2. The van der Waals surface area contributed by atoms with E-state index in [9.17, 15) is 4.79 Å².